The summed E-state index contributed by atoms with van der Waals surface area (Å²) in [6.45, 7) is 16.7. The van der Waals surface area contributed by atoms with Crippen molar-refractivity contribution in [2.45, 2.75) is 74.7 Å². The minimum atomic E-state index is -0.557. The molecular weight excluding hydrogens is 388 g/mol. The van der Waals surface area contributed by atoms with E-state index >= 15 is 0 Å². The van der Waals surface area contributed by atoms with Crippen molar-refractivity contribution >= 4 is 23.5 Å². The molecule has 1 rings (SSSR count). The van der Waals surface area contributed by atoms with Gasteiger partial charge in [0.2, 0.25) is 0 Å². The van der Waals surface area contributed by atoms with E-state index in [1.165, 1.54) is 0 Å². The molecule has 0 radical (unpaired) electrons. The molecule has 0 heterocycles. The smallest absolute Gasteiger partial charge is 0.339 e. The van der Waals surface area contributed by atoms with Gasteiger partial charge in [-0.15, -0.1) is 0 Å². The maximum atomic E-state index is 12.8. The molecule has 0 fully saturated rings. The molecule has 0 spiro atoms. The number of hydrogen-bond donors (Lipinski definition) is 0. The van der Waals surface area contributed by atoms with E-state index in [4.69, 9.17) is 21.1 Å². The number of hydrogen-bond acceptors (Lipinski definition) is 4. The van der Waals surface area contributed by atoms with Crippen LogP contribution in [0.1, 0.15) is 94.5 Å². The molecule has 0 saturated carbocycles. The molecule has 1 aromatic carbocycles. The van der Waals surface area contributed by atoms with Crippen molar-refractivity contribution in [1.29, 1.82) is 0 Å². The standard InChI is InChI=1S/C24H37ClO4/c1-16(2)10-9-11-17-12-18(21(26)28-14-23(3,4)5)19(13-20(17)25)22(27)29-15-24(6,7)8/h12-13,16H,9-11,14-15H2,1-8H3. The lowest BCUT2D eigenvalue weighted by Crippen LogP contribution is -2.22. The van der Waals surface area contributed by atoms with Gasteiger partial charge in [-0.3, -0.25) is 0 Å². The van der Waals surface area contributed by atoms with Gasteiger partial charge in [0.05, 0.1) is 24.3 Å². The first kappa shape index (κ1) is 25.5. The Hall–Kier alpha value is -1.55. The van der Waals surface area contributed by atoms with Crippen LogP contribution in [-0.4, -0.2) is 25.2 Å². The zero-order valence-corrected chi connectivity index (χ0v) is 20.0. The minimum Gasteiger partial charge on any atom is -0.462 e. The zero-order chi connectivity index (χ0) is 22.4. The zero-order valence-electron chi connectivity index (χ0n) is 19.3. The van der Waals surface area contributed by atoms with Crippen molar-refractivity contribution in [3.05, 3.63) is 33.8 Å². The van der Waals surface area contributed by atoms with Crippen LogP contribution in [0.4, 0.5) is 0 Å². The van der Waals surface area contributed by atoms with E-state index in [-0.39, 0.29) is 35.2 Å². The van der Waals surface area contributed by atoms with Crippen molar-refractivity contribution in [2.24, 2.45) is 16.7 Å². The summed E-state index contributed by atoms with van der Waals surface area (Å²) in [5.74, 6) is -0.487. The van der Waals surface area contributed by atoms with Gasteiger partial charge >= 0.3 is 11.9 Å². The Morgan fingerprint density at radius 3 is 1.76 bits per heavy atom. The van der Waals surface area contributed by atoms with Crippen LogP contribution in [0.2, 0.25) is 5.02 Å². The van der Waals surface area contributed by atoms with Crippen LogP contribution < -0.4 is 0 Å². The van der Waals surface area contributed by atoms with Crippen LogP contribution in [0.3, 0.4) is 0 Å². The van der Waals surface area contributed by atoms with Crippen molar-refractivity contribution in [3.63, 3.8) is 0 Å². The van der Waals surface area contributed by atoms with Crippen molar-refractivity contribution < 1.29 is 19.1 Å². The van der Waals surface area contributed by atoms with E-state index in [2.05, 4.69) is 13.8 Å². The van der Waals surface area contributed by atoms with Crippen LogP contribution in [0.15, 0.2) is 12.1 Å². The summed E-state index contributed by atoms with van der Waals surface area (Å²) in [5, 5.41) is 0.476. The fourth-order valence-corrected chi connectivity index (χ4v) is 2.83. The molecule has 0 amide bonds. The lowest BCUT2D eigenvalue weighted by molar-refractivity contribution is 0.0322. The van der Waals surface area contributed by atoms with Gasteiger partial charge in [-0.2, -0.15) is 0 Å². The Morgan fingerprint density at radius 2 is 1.34 bits per heavy atom. The molecule has 0 aliphatic rings. The Balaban J connectivity index is 3.18. The average molecular weight is 425 g/mol. The predicted octanol–water partition coefficient (Wildman–Crippen LogP) is 6.72. The van der Waals surface area contributed by atoms with Gasteiger partial charge in [0, 0.05) is 5.02 Å². The summed E-state index contributed by atoms with van der Waals surface area (Å²) in [7, 11) is 0. The van der Waals surface area contributed by atoms with Gasteiger partial charge in [0.1, 0.15) is 0 Å². The third-order valence-corrected chi connectivity index (χ3v) is 4.48. The number of esters is 2. The first-order chi connectivity index (χ1) is 13.2. The van der Waals surface area contributed by atoms with Gasteiger partial charge in [-0.05, 0) is 47.3 Å². The molecule has 0 bridgehead atoms. The highest BCUT2D eigenvalue weighted by molar-refractivity contribution is 6.32. The molecule has 5 heteroatoms. The van der Waals surface area contributed by atoms with Crippen molar-refractivity contribution in [1.82, 2.24) is 0 Å². The van der Waals surface area contributed by atoms with Gasteiger partial charge in [0.25, 0.3) is 0 Å². The third-order valence-electron chi connectivity index (χ3n) is 4.13. The fraction of sp³-hybridized carbons (Fsp3) is 0.667. The quantitative estimate of drug-likeness (QED) is 0.434. The molecule has 0 saturated heterocycles. The summed E-state index contributed by atoms with van der Waals surface area (Å²) in [4.78, 5) is 25.5. The number of benzene rings is 1. The molecule has 29 heavy (non-hydrogen) atoms. The normalized spacial score (nSPS) is 12.2. The molecule has 0 aliphatic heterocycles. The molecule has 164 valence electrons. The second-order valence-electron chi connectivity index (χ2n) is 10.5. The minimum absolute atomic E-state index is 0.158. The number of aryl methyl sites for hydroxylation is 1. The fourth-order valence-electron chi connectivity index (χ4n) is 2.57. The largest absolute Gasteiger partial charge is 0.462 e. The van der Waals surface area contributed by atoms with E-state index in [1.807, 2.05) is 41.5 Å². The van der Waals surface area contributed by atoms with Crippen molar-refractivity contribution in [2.75, 3.05) is 13.2 Å². The van der Waals surface area contributed by atoms with Crippen LogP contribution in [-0.2, 0) is 15.9 Å². The van der Waals surface area contributed by atoms with E-state index < -0.39 is 11.9 Å². The first-order valence-electron chi connectivity index (χ1n) is 10.4. The molecule has 0 unspecified atom stereocenters. The molecule has 0 atom stereocenters. The maximum Gasteiger partial charge on any atom is 0.339 e. The Kier molecular flexibility index (Phi) is 9.20. The van der Waals surface area contributed by atoms with Gasteiger partial charge in [-0.25, -0.2) is 9.59 Å². The summed E-state index contributed by atoms with van der Waals surface area (Å²) < 4.78 is 10.9. The van der Waals surface area contributed by atoms with E-state index in [0.717, 1.165) is 24.8 Å². The number of carbonyl (C=O) groups is 2. The number of carbonyl (C=O) groups excluding carboxylic acids is 2. The van der Waals surface area contributed by atoms with E-state index in [9.17, 15) is 9.59 Å². The number of rotatable bonds is 8. The SMILES string of the molecule is CC(C)CCCc1cc(C(=O)OCC(C)(C)C)c(C(=O)OCC(C)(C)C)cc1Cl. The second kappa shape index (κ2) is 10.5. The highest BCUT2D eigenvalue weighted by Crippen LogP contribution is 2.27. The summed E-state index contributed by atoms with van der Waals surface area (Å²) in [6.07, 6.45) is 2.77. The van der Waals surface area contributed by atoms with Crippen LogP contribution >= 0.6 is 11.6 Å². The molecule has 0 aromatic heterocycles. The summed E-state index contributed by atoms with van der Waals surface area (Å²) in [6, 6.07) is 3.24. The summed E-state index contributed by atoms with van der Waals surface area (Å²) >= 11 is 6.45. The Labute approximate surface area is 181 Å². The topological polar surface area (TPSA) is 52.6 Å². The van der Waals surface area contributed by atoms with Gasteiger partial charge < -0.3 is 9.47 Å². The molecule has 0 N–H and O–H groups in total. The molecule has 0 aliphatic carbocycles. The first-order valence-corrected chi connectivity index (χ1v) is 10.7. The number of halogens is 1. The highest BCUT2D eigenvalue weighted by Gasteiger charge is 2.25. The van der Waals surface area contributed by atoms with E-state index in [0.29, 0.717) is 10.9 Å². The van der Waals surface area contributed by atoms with E-state index in [1.54, 1.807) is 12.1 Å². The monoisotopic (exact) mass is 424 g/mol. The summed E-state index contributed by atoms with van der Waals surface area (Å²) in [5.41, 5.74) is 0.878. The Morgan fingerprint density at radius 1 is 0.897 bits per heavy atom. The van der Waals surface area contributed by atoms with Crippen LogP contribution in [0, 0.1) is 16.7 Å². The Bertz CT molecular complexity index is 709. The van der Waals surface area contributed by atoms with Gasteiger partial charge in [0.15, 0.2) is 0 Å². The predicted molar refractivity (Wildman–Crippen MR) is 119 cm³/mol. The molecule has 4 nitrogen and oxygen atoms in total. The molecule has 1 aromatic rings. The van der Waals surface area contributed by atoms with Crippen molar-refractivity contribution in [3.8, 4) is 0 Å². The highest BCUT2D eigenvalue weighted by atomic mass is 35.5. The maximum absolute atomic E-state index is 12.8. The third kappa shape index (κ3) is 9.66. The van der Waals surface area contributed by atoms with Gasteiger partial charge in [-0.1, -0.05) is 73.4 Å². The van der Waals surface area contributed by atoms with Crippen LogP contribution in [0.5, 0.6) is 0 Å². The second-order valence-corrected chi connectivity index (χ2v) is 11.0. The lowest BCUT2D eigenvalue weighted by Gasteiger charge is -2.20. The number of ether oxygens (including phenoxy) is 2. The van der Waals surface area contributed by atoms with Crippen LogP contribution in [0.25, 0.3) is 0 Å². The lowest BCUT2D eigenvalue weighted by atomic mass is 9.97. The average Bonchev–Trinajstić information content (AvgIpc) is 2.57. The molecular formula is C24H37ClO4.